The van der Waals surface area contributed by atoms with Crippen molar-refractivity contribution in [1.29, 1.82) is 0 Å². The van der Waals surface area contributed by atoms with E-state index in [1.165, 1.54) is 25.0 Å². The summed E-state index contributed by atoms with van der Waals surface area (Å²) in [7, 11) is 2.26. The Bertz CT molecular complexity index is 169. The van der Waals surface area contributed by atoms with E-state index in [2.05, 4.69) is 39.0 Å². The normalized spacial score (nSPS) is 17.4. The topological polar surface area (TPSA) is 29.3 Å². The van der Waals surface area contributed by atoms with Crippen molar-refractivity contribution < 1.29 is 0 Å². The summed E-state index contributed by atoms with van der Waals surface area (Å²) in [6.45, 7) is 7.58. The van der Waals surface area contributed by atoms with Crippen LogP contribution in [0.2, 0.25) is 0 Å². The van der Waals surface area contributed by atoms with E-state index in [1.807, 2.05) is 11.8 Å². The lowest BCUT2D eigenvalue weighted by molar-refractivity contribution is 0.0714. The zero-order valence-electron chi connectivity index (χ0n) is 11.8. The van der Waals surface area contributed by atoms with E-state index in [-0.39, 0.29) is 5.54 Å². The van der Waals surface area contributed by atoms with Gasteiger partial charge in [0.05, 0.1) is 0 Å². The van der Waals surface area contributed by atoms with E-state index in [0.717, 1.165) is 13.0 Å². The van der Waals surface area contributed by atoms with Crippen LogP contribution in [0.4, 0.5) is 0 Å². The molecule has 0 aliphatic rings. The minimum absolute atomic E-state index is 0.213. The largest absolute Gasteiger partial charge is 0.329 e. The molecule has 0 fully saturated rings. The minimum Gasteiger partial charge on any atom is -0.329 e. The summed E-state index contributed by atoms with van der Waals surface area (Å²) in [4.78, 5) is 2.55. The number of nitrogens with zero attached hydrogens (tertiary/aromatic N) is 1. The summed E-state index contributed by atoms with van der Waals surface area (Å²) in [5.74, 6) is 1.21. The van der Waals surface area contributed by atoms with Gasteiger partial charge in [0.1, 0.15) is 0 Å². The van der Waals surface area contributed by atoms with Gasteiger partial charge in [-0.05, 0) is 32.6 Å². The highest BCUT2D eigenvalue weighted by Crippen LogP contribution is 2.27. The molecule has 2 nitrogen and oxygen atoms in total. The van der Waals surface area contributed by atoms with Gasteiger partial charge < -0.3 is 5.73 Å². The molecular formula is C13H30N2S. The number of likely N-dealkylation sites (N-methyl/N-ethyl adjacent to an activating group) is 1. The molecule has 0 aliphatic carbocycles. The van der Waals surface area contributed by atoms with Gasteiger partial charge in [-0.1, -0.05) is 27.2 Å². The summed E-state index contributed by atoms with van der Waals surface area (Å²) in [5, 5.41) is 0. The Balaban J connectivity index is 4.74. The molecule has 0 aromatic carbocycles. The smallest absolute Gasteiger partial charge is 0.0329 e. The second kappa shape index (κ2) is 8.37. The van der Waals surface area contributed by atoms with Crippen LogP contribution in [0.3, 0.4) is 0 Å². The first kappa shape index (κ1) is 16.3. The zero-order valence-corrected chi connectivity index (χ0v) is 12.6. The van der Waals surface area contributed by atoms with Crippen molar-refractivity contribution in [2.45, 2.75) is 58.0 Å². The van der Waals surface area contributed by atoms with E-state index in [4.69, 9.17) is 5.73 Å². The molecule has 0 spiro atoms. The summed E-state index contributed by atoms with van der Waals surface area (Å²) < 4.78 is 0. The summed E-state index contributed by atoms with van der Waals surface area (Å²) in [5.41, 5.74) is 6.26. The van der Waals surface area contributed by atoms with Crippen molar-refractivity contribution in [3.05, 3.63) is 0 Å². The van der Waals surface area contributed by atoms with Crippen LogP contribution in [0.5, 0.6) is 0 Å². The molecule has 98 valence electrons. The molecule has 2 atom stereocenters. The van der Waals surface area contributed by atoms with Crippen molar-refractivity contribution >= 4 is 11.8 Å². The third-order valence-electron chi connectivity index (χ3n) is 3.88. The number of nitrogens with two attached hydrogens (primary N) is 1. The number of rotatable bonds is 9. The molecule has 0 amide bonds. The molecule has 0 bridgehead atoms. The maximum atomic E-state index is 6.05. The fourth-order valence-corrected chi connectivity index (χ4v) is 3.39. The van der Waals surface area contributed by atoms with Gasteiger partial charge in [0.2, 0.25) is 0 Å². The van der Waals surface area contributed by atoms with Crippen molar-refractivity contribution in [3.8, 4) is 0 Å². The quantitative estimate of drug-likeness (QED) is 0.678. The van der Waals surface area contributed by atoms with Gasteiger partial charge in [-0.3, -0.25) is 4.90 Å². The van der Waals surface area contributed by atoms with Gasteiger partial charge in [0, 0.05) is 23.9 Å². The highest BCUT2D eigenvalue weighted by Gasteiger charge is 2.33. The Labute approximate surface area is 106 Å². The molecule has 0 heterocycles. The van der Waals surface area contributed by atoms with E-state index in [0.29, 0.717) is 6.04 Å². The van der Waals surface area contributed by atoms with E-state index < -0.39 is 0 Å². The Morgan fingerprint density at radius 2 is 1.94 bits per heavy atom. The van der Waals surface area contributed by atoms with Gasteiger partial charge in [0.25, 0.3) is 0 Å². The molecule has 0 aliphatic heterocycles. The lowest BCUT2D eigenvalue weighted by Gasteiger charge is -2.45. The Morgan fingerprint density at radius 1 is 1.31 bits per heavy atom. The maximum absolute atomic E-state index is 6.05. The van der Waals surface area contributed by atoms with Gasteiger partial charge in [-0.15, -0.1) is 0 Å². The molecule has 0 radical (unpaired) electrons. The zero-order chi connectivity index (χ0) is 12.6. The summed E-state index contributed by atoms with van der Waals surface area (Å²) >= 11 is 1.94. The summed E-state index contributed by atoms with van der Waals surface area (Å²) in [6, 6.07) is 0.657. The van der Waals surface area contributed by atoms with Crippen LogP contribution in [0.15, 0.2) is 0 Å². The monoisotopic (exact) mass is 246 g/mol. The van der Waals surface area contributed by atoms with Gasteiger partial charge in [-0.2, -0.15) is 11.8 Å². The average molecular weight is 246 g/mol. The minimum atomic E-state index is 0.213. The third kappa shape index (κ3) is 3.94. The molecule has 0 aromatic rings. The molecule has 3 heteroatoms. The first-order chi connectivity index (χ1) is 7.61. The van der Waals surface area contributed by atoms with Crippen LogP contribution in [0, 0.1) is 0 Å². The Morgan fingerprint density at radius 3 is 2.25 bits per heavy atom. The van der Waals surface area contributed by atoms with Gasteiger partial charge >= 0.3 is 0 Å². The van der Waals surface area contributed by atoms with Crippen LogP contribution in [0.1, 0.15) is 46.5 Å². The van der Waals surface area contributed by atoms with Crippen LogP contribution >= 0.6 is 11.8 Å². The van der Waals surface area contributed by atoms with Crippen molar-refractivity contribution in [1.82, 2.24) is 4.90 Å². The fraction of sp³-hybridized carbons (Fsp3) is 1.00. The Hall–Kier alpha value is 0.270. The first-order valence-electron chi connectivity index (χ1n) is 6.53. The number of thioether (sulfide) groups is 1. The molecule has 0 aromatic heterocycles. The first-order valence-corrected chi connectivity index (χ1v) is 7.93. The van der Waals surface area contributed by atoms with Crippen LogP contribution in [-0.4, -0.2) is 42.1 Å². The highest BCUT2D eigenvalue weighted by molar-refractivity contribution is 7.98. The Kier molecular flexibility index (Phi) is 8.52. The lowest BCUT2D eigenvalue weighted by Crippen LogP contribution is -2.56. The predicted octanol–water partition coefficient (Wildman–Crippen LogP) is 2.97. The van der Waals surface area contributed by atoms with E-state index in [9.17, 15) is 0 Å². The molecule has 0 saturated carbocycles. The predicted molar refractivity (Wildman–Crippen MR) is 77.2 cm³/mol. The van der Waals surface area contributed by atoms with Gasteiger partial charge in [0.15, 0.2) is 0 Å². The third-order valence-corrected chi connectivity index (χ3v) is 4.60. The molecule has 2 N–H and O–H groups in total. The van der Waals surface area contributed by atoms with Crippen molar-refractivity contribution in [2.75, 3.05) is 25.6 Å². The van der Waals surface area contributed by atoms with Crippen LogP contribution in [0.25, 0.3) is 0 Å². The molecule has 0 rings (SSSR count). The fourth-order valence-electron chi connectivity index (χ4n) is 2.54. The second-order valence-corrected chi connectivity index (χ2v) is 5.57. The lowest BCUT2D eigenvalue weighted by atomic mass is 9.87. The van der Waals surface area contributed by atoms with Crippen molar-refractivity contribution in [3.63, 3.8) is 0 Å². The van der Waals surface area contributed by atoms with E-state index in [1.54, 1.807) is 0 Å². The van der Waals surface area contributed by atoms with E-state index >= 15 is 0 Å². The molecule has 2 unspecified atom stereocenters. The van der Waals surface area contributed by atoms with Crippen LogP contribution in [-0.2, 0) is 0 Å². The van der Waals surface area contributed by atoms with Gasteiger partial charge in [-0.25, -0.2) is 0 Å². The average Bonchev–Trinajstić information content (AvgIpc) is 2.32. The maximum Gasteiger partial charge on any atom is 0.0329 e. The summed E-state index contributed by atoms with van der Waals surface area (Å²) in [6.07, 6.45) is 6.97. The number of hydrogen-bond donors (Lipinski definition) is 1. The van der Waals surface area contributed by atoms with Crippen LogP contribution < -0.4 is 5.73 Å². The molecule has 0 saturated heterocycles. The number of hydrogen-bond acceptors (Lipinski definition) is 3. The standard InChI is InChI=1S/C13H30N2S/c1-6-9-13(8-3,11-14)15(4)12(7-2)10-16-5/h12H,6-11,14H2,1-5H3. The second-order valence-electron chi connectivity index (χ2n) is 4.66. The van der Waals surface area contributed by atoms with Crippen molar-refractivity contribution in [2.24, 2.45) is 5.73 Å². The molecular weight excluding hydrogens is 216 g/mol. The highest BCUT2D eigenvalue weighted by atomic mass is 32.2. The SMILES string of the molecule is CCCC(CC)(CN)N(C)C(CC)CSC. The molecule has 16 heavy (non-hydrogen) atoms.